The van der Waals surface area contributed by atoms with Crippen molar-refractivity contribution in [1.29, 1.82) is 0 Å². The molecule has 0 aliphatic carbocycles. The lowest BCUT2D eigenvalue weighted by Gasteiger charge is -2.22. The van der Waals surface area contributed by atoms with E-state index in [1.807, 2.05) is 18.4 Å². The van der Waals surface area contributed by atoms with Crippen molar-refractivity contribution in [2.75, 3.05) is 19.5 Å². The molecule has 1 aromatic rings. The van der Waals surface area contributed by atoms with Crippen molar-refractivity contribution < 1.29 is 14.3 Å². The molecule has 0 aliphatic heterocycles. The first-order chi connectivity index (χ1) is 8.58. The van der Waals surface area contributed by atoms with Gasteiger partial charge in [0.25, 0.3) is 0 Å². The summed E-state index contributed by atoms with van der Waals surface area (Å²) >= 11 is 1.60. The standard InChI is InChI=1S/C12H20N2O3S/c1-8(12(16-3)17-4)13-7-11-10(5-6-18-11)14-9(2)15/h5-6,8,12-13H,7H2,1-4H3,(H,14,15). The topological polar surface area (TPSA) is 59.6 Å². The Kier molecular flexibility index (Phi) is 6.28. The van der Waals surface area contributed by atoms with Gasteiger partial charge in [0.1, 0.15) is 0 Å². The van der Waals surface area contributed by atoms with Crippen LogP contribution in [0, 0.1) is 0 Å². The lowest BCUT2D eigenvalue weighted by Crippen LogP contribution is -2.39. The van der Waals surface area contributed by atoms with Gasteiger partial charge in [-0.1, -0.05) is 0 Å². The monoisotopic (exact) mass is 272 g/mol. The summed E-state index contributed by atoms with van der Waals surface area (Å²) < 4.78 is 10.3. The maximum Gasteiger partial charge on any atom is 0.221 e. The van der Waals surface area contributed by atoms with Crippen molar-refractivity contribution in [2.24, 2.45) is 0 Å². The van der Waals surface area contributed by atoms with Crippen molar-refractivity contribution in [3.05, 3.63) is 16.3 Å². The molecule has 18 heavy (non-hydrogen) atoms. The Morgan fingerprint density at radius 2 is 2.11 bits per heavy atom. The molecular formula is C12H20N2O3S. The quantitative estimate of drug-likeness (QED) is 0.743. The third-order valence-electron chi connectivity index (χ3n) is 2.51. The average molecular weight is 272 g/mol. The molecule has 1 rings (SSSR count). The number of hydrogen-bond acceptors (Lipinski definition) is 5. The van der Waals surface area contributed by atoms with Gasteiger partial charge in [-0.3, -0.25) is 4.79 Å². The second kappa shape index (κ2) is 7.48. The van der Waals surface area contributed by atoms with Gasteiger partial charge in [0.15, 0.2) is 6.29 Å². The van der Waals surface area contributed by atoms with Crippen LogP contribution in [0.1, 0.15) is 18.7 Å². The Bertz CT molecular complexity index is 377. The van der Waals surface area contributed by atoms with Crippen LogP contribution in [0.4, 0.5) is 5.69 Å². The fourth-order valence-corrected chi connectivity index (χ4v) is 2.41. The first kappa shape index (κ1) is 15.1. The molecule has 0 spiro atoms. The number of thiophene rings is 1. The first-order valence-electron chi connectivity index (χ1n) is 5.71. The van der Waals surface area contributed by atoms with Crippen LogP contribution in [0.5, 0.6) is 0 Å². The van der Waals surface area contributed by atoms with Gasteiger partial charge in [-0.25, -0.2) is 0 Å². The predicted octanol–water partition coefficient (Wildman–Crippen LogP) is 1.80. The third kappa shape index (κ3) is 4.38. The molecule has 2 N–H and O–H groups in total. The van der Waals surface area contributed by atoms with Crippen LogP contribution >= 0.6 is 11.3 Å². The highest BCUT2D eigenvalue weighted by molar-refractivity contribution is 7.10. The van der Waals surface area contributed by atoms with Crippen LogP contribution in [-0.4, -0.2) is 32.5 Å². The molecule has 0 aliphatic rings. The van der Waals surface area contributed by atoms with Crippen molar-refractivity contribution in [3.63, 3.8) is 0 Å². The van der Waals surface area contributed by atoms with Crippen LogP contribution in [0.25, 0.3) is 0 Å². The van der Waals surface area contributed by atoms with E-state index >= 15 is 0 Å². The normalized spacial score (nSPS) is 12.7. The summed E-state index contributed by atoms with van der Waals surface area (Å²) in [7, 11) is 3.22. The van der Waals surface area contributed by atoms with Gasteiger partial charge < -0.3 is 20.1 Å². The Balaban J connectivity index is 2.52. The molecule has 1 atom stereocenters. The van der Waals surface area contributed by atoms with Crippen molar-refractivity contribution >= 4 is 22.9 Å². The number of carbonyl (C=O) groups is 1. The zero-order valence-electron chi connectivity index (χ0n) is 11.1. The minimum atomic E-state index is -0.283. The fraction of sp³-hybridized carbons (Fsp3) is 0.583. The van der Waals surface area contributed by atoms with Gasteiger partial charge in [-0.15, -0.1) is 11.3 Å². The van der Waals surface area contributed by atoms with Crippen LogP contribution in [0.2, 0.25) is 0 Å². The van der Waals surface area contributed by atoms with Crippen LogP contribution in [0.3, 0.4) is 0 Å². The number of nitrogens with one attached hydrogen (secondary N) is 2. The Hall–Kier alpha value is -0.950. The number of ether oxygens (including phenoxy) is 2. The largest absolute Gasteiger partial charge is 0.354 e. The van der Waals surface area contributed by atoms with Gasteiger partial charge in [0.05, 0.1) is 11.7 Å². The van der Waals surface area contributed by atoms with E-state index in [9.17, 15) is 4.79 Å². The molecule has 0 fully saturated rings. The summed E-state index contributed by atoms with van der Waals surface area (Å²) in [5, 5.41) is 8.07. The molecule has 1 aromatic heterocycles. The highest BCUT2D eigenvalue weighted by Gasteiger charge is 2.16. The minimum absolute atomic E-state index is 0.0608. The van der Waals surface area contributed by atoms with Gasteiger partial charge in [-0.05, 0) is 18.4 Å². The molecule has 0 aromatic carbocycles. The molecule has 0 bridgehead atoms. The highest BCUT2D eigenvalue weighted by atomic mass is 32.1. The predicted molar refractivity (Wildman–Crippen MR) is 72.7 cm³/mol. The highest BCUT2D eigenvalue weighted by Crippen LogP contribution is 2.22. The van der Waals surface area contributed by atoms with E-state index in [4.69, 9.17) is 9.47 Å². The van der Waals surface area contributed by atoms with Gasteiger partial charge in [0.2, 0.25) is 5.91 Å². The summed E-state index contributed by atoms with van der Waals surface area (Å²) in [5.74, 6) is -0.0608. The lowest BCUT2D eigenvalue weighted by molar-refractivity contribution is -0.119. The number of methoxy groups -OCH3 is 2. The van der Waals surface area contributed by atoms with E-state index in [0.717, 1.165) is 10.6 Å². The van der Waals surface area contributed by atoms with Crippen molar-refractivity contribution in [3.8, 4) is 0 Å². The molecule has 0 saturated carbocycles. The van der Waals surface area contributed by atoms with E-state index in [1.54, 1.807) is 25.6 Å². The Labute approximate surface area is 111 Å². The molecule has 1 amide bonds. The van der Waals surface area contributed by atoms with E-state index in [2.05, 4.69) is 10.6 Å². The summed E-state index contributed by atoms with van der Waals surface area (Å²) in [6.45, 7) is 4.16. The molecule has 6 heteroatoms. The number of hydrogen-bond donors (Lipinski definition) is 2. The van der Waals surface area contributed by atoms with Gasteiger partial charge in [-0.2, -0.15) is 0 Å². The maximum absolute atomic E-state index is 11.0. The van der Waals surface area contributed by atoms with Crippen LogP contribution in [-0.2, 0) is 20.8 Å². The summed E-state index contributed by atoms with van der Waals surface area (Å²) in [6, 6.07) is 1.96. The Morgan fingerprint density at radius 3 is 2.67 bits per heavy atom. The van der Waals surface area contributed by atoms with Crippen molar-refractivity contribution in [2.45, 2.75) is 32.7 Å². The van der Waals surface area contributed by atoms with Crippen molar-refractivity contribution in [1.82, 2.24) is 5.32 Å². The third-order valence-corrected chi connectivity index (χ3v) is 3.43. The van der Waals surface area contributed by atoms with Crippen LogP contribution in [0.15, 0.2) is 11.4 Å². The first-order valence-corrected chi connectivity index (χ1v) is 6.59. The Morgan fingerprint density at radius 1 is 1.44 bits per heavy atom. The van der Waals surface area contributed by atoms with Crippen LogP contribution < -0.4 is 10.6 Å². The lowest BCUT2D eigenvalue weighted by atomic mass is 10.3. The molecule has 1 unspecified atom stereocenters. The zero-order valence-corrected chi connectivity index (χ0v) is 12.0. The second-order valence-electron chi connectivity index (χ2n) is 3.95. The van der Waals surface area contributed by atoms with E-state index < -0.39 is 0 Å². The van der Waals surface area contributed by atoms with E-state index in [0.29, 0.717) is 6.54 Å². The zero-order chi connectivity index (χ0) is 13.5. The summed E-state index contributed by atoms with van der Waals surface area (Å²) in [5.41, 5.74) is 0.860. The smallest absolute Gasteiger partial charge is 0.221 e. The fourth-order valence-electron chi connectivity index (χ4n) is 1.63. The minimum Gasteiger partial charge on any atom is -0.354 e. The molecular weight excluding hydrogens is 252 g/mol. The SMILES string of the molecule is COC(OC)C(C)NCc1sccc1NC(C)=O. The number of rotatable bonds is 7. The maximum atomic E-state index is 11.0. The van der Waals surface area contributed by atoms with Gasteiger partial charge in [0, 0.05) is 32.6 Å². The molecule has 5 nitrogen and oxygen atoms in total. The molecule has 1 heterocycles. The van der Waals surface area contributed by atoms with Gasteiger partial charge >= 0.3 is 0 Å². The summed E-state index contributed by atoms with van der Waals surface area (Å²) in [4.78, 5) is 12.1. The number of carbonyl (C=O) groups excluding carboxylic acids is 1. The average Bonchev–Trinajstić information content (AvgIpc) is 2.74. The number of anilines is 1. The summed E-state index contributed by atoms with van der Waals surface area (Å²) in [6.07, 6.45) is -0.283. The molecule has 102 valence electrons. The van der Waals surface area contributed by atoms with E-state index in [-0.39, 0.29) is 18.2 Å². The molecule has 0 radical (unpaired) electrons. The second-order valence-corrected chi connectivity index (χ2v) is 4.95. The molecule has 0 saturated heterocycles. The van der Waals surface area contributed by atoms with E-state index in [1.165, 1.54) is 6.92 Å². The number of amides is 1.